The minimum atomic E-state index is -0.359. The number of nitrogens with zero attached hydrogens (tertiary/aromatic N) is 2. The fourth-order valence-corrected chi connectivity index (χ4v) is 3.46. The maximum absolute atomic E-state index is 12.5. The minimum Gasteiger partial charge on any atom is -0.453 e. The molecule has 1 aromatic carbocycles. The van der Waals surface area contributed by atoms with Crippen LogP contribution in [0.1, 0.15) is 25.7 Å². The number of hydrogen-bond acceptors (Lipinski definition) is 4. The van der Waals surface area contributed by atoms with Gasteiger partial charge in [0.15, 0.2) is 0 Å². The number of piperidine rings is 1. The highest BCUT2D eigenvalue weighted by Gasteiger charge is 2.28. The van der Waals surface area contributed by atoms with Crippen LogP contribution in [0.2, 0.25) is 0 Å². The van der Waals surface area contributed by atoms with E-state index in [2.05, 4.69) is 22.3 Å². The maximum atomic E-state index is 12.5. The Balaban J connectivity index is 1.56. The van der Waals surface area contributed by atoms with Crippen molar-refractivity contribution in [2.75, 3.05) is 43.5 Å². The third-order valence-corrected chi connectivity index (χ3v) is 4.83. The predicted octanol–water partition coefficient (Wildman–Crippen LogP) is 2.70. The Labute approximate surface area is 142 Å². The summed E-state index contributed by atoms with van der Waals surface area (Å²) in [6.45, 7) is 3.29. The lowest BCUT2D eigenvalue weighted by atomic mass is 9.97. The van der Waals surface area contributed by atoms with E-state index in [9.17, 15) is 9.59 Å². The van der Waals surface area contributed by atoms with E-state index in [1.165, 1.54) is 25.6 Å². The Bertz CT molecular complexity index is 582. The van der Waals surface area contributed by atoms with Gasteiger partial charge in [-0.1, -0.05) is 0 Å². The fraction of sp³-hybridized carbons (Fsp3) is 0.556. The average Bonchev–Trinajstić information content (AvgIpc) is 3.16. The van der Waals surface area contributed by atoms with Gasteiger partial charge in [-0.2, -0.15) is 0 Å². The highest BCUT2D eigenvalue weighted by atomic mass is 16.5. The number of rotatable bonds is 3. The summed E-state index contributed by atoms with van der Waals surface area (Å²) < 4.78 is 4.75. The molecular formula is C18H25N3O3. The Hall–Kier alpha value is -2.24. The Kier molecular flexibility index (Phi) is 5.23. The number of amides is 2. The SMILES string of the molecule is COC(=O)N1CCCC(C(=O)Nc2ccc(N3CCCC3)cc2)C1. The van der Waals surface area contributed by atoms with Gasteiger partial charge in [0.2, 0.25) is 5.91 Å². The van der Waals surface area contributed by atoms with Crippen LogP contribution in [-0.2, 0) is 9.53 Å². The molecule has 2 heterocycles. The number of hydrogen-bond donors (Lipinski definition) is 1. The normalized spacial score (nSPS) is 20.8. The van der Waals surface area contributed by atoms with Crippen LogP contribution in [-0.4, -0.2) is 50.2 Å². The number of benzene rings is 1. The highest BCUT2D eigenvalue weighted by Crippen LogP contribution is 2.23. The molecule has 1 atom stereocenters. The summed E-state index contributed by atoms with van der Waals surface area (Å²) in [5.74, 6) is -0.214. The largest absolute Gasteiger partial charge is 0.453 e. The van der Waals surface area contributed by atoms with Crippen LogP contribution in [0.25, 0.3) is 0 Å². The lowest BCUT2D eigenvalue weighted by Gasteiger charge is -2.30. The first-order chi connectivity index (χ1) is 11.7. The van der Waals surface area contributed by atoms with E-state index >= 15 is 0 Å². The van der Waals surface area contributed by atoms with Crippen LogP contribution in [0.4, 0.5) is 16.2 Å². The smallest absolute Gasteiger partial charge is 0.409 e. The van der Waals surface area contributed by atoms with Gasteiger partial charge < -0.3 is 19.9 Å². The van der Waals surface area contributed by atoms with Gasteiger partial charge in [-0.3, -0.25) is 4.79 Å². The molecule has 0 spiro atoms. The molecule has 2 amide bonds. The Morgan fingerprint density at radius 1 is 1.08 bits per heavy atom. The van der Waals surface area contributed by atoms with Crippen LogP contribution >= 0.6 is 0 Å². The molecule has 2 saturated heterocycles. The van der Waals surface area contributed by atoms with Gasteiger partial charge in [-0.15, -0.1) is 0 Å². The molecule has 6 heteroatoms. The standard InChI is InChI=1S/C18H25N3O3/c1-24-18(23)21-12-4-5-14(13-21)17(22)19-15-6-8-16(9-7-15)20-10-2-3-11-20/h6-9,14H,2-5,10-13H2,1H3,(H,19,22). The van der Waals surface area contributed by atoms with E-state index in [4.69, 9.17) is 4.74 Å². The number of likely N-dealkylation sites (tertiary alicyclic amines) is 1. The molecule has 1 unspecified atom stereocenters. The number of nitrogens with one attached hydrogen (secondary N) is 1. The number of carbonyl (C=O) groups is 2. The van der Waals surface area contributed by atoms with E-state index in [-0.39, 0.29) is 17.9 Å². The topological polar surface area (TPSA) is 61.9 Å². The number of carbonyl (C=O) groups excluding carboxylic acids is 2. The van der Waals surface area contributed by atoms with Crippen molar-refractivity contribution in [1.29, 1.82) is 0 Å². The van der Waals surface area contributed by atoms with Crippen LogP contribution in [0.15, 0.2) is 24.3 Å². The lowest BCUT2D eigenvalue weighted by molar-refractivity contribution is -0.121. The molecule has 0 saturated carbocycles. The first kappa shape index (κ1) is 16.6. The molecule has 0 bridgehead atoms. The van der Waals surface area contributed by atoms with Crippen LogP contribution in [0.5, 0.6) is 0 Å². The fourth-order valence-electron chi connectivity index (χ4n) is 3.46. The van der Waals surface area contributed by atoms with Crippen molar-refractivity contribution in [3.63, 3.8) is 0 Å². The molecule has 2 aliphatic heterocycles. The van der Waals surface area contributed by atoms with Gasteiger partial charge in [-0.05, 0) is 49.9 Å². The highest BCUT2D eigenvalue weighted by molar-refractivity contribution is 5.93. The van der Waals surface area contributed by atoms with Gasteiger partial charge in [0.1, 0.15) is 0 Å². The van der Waals surface area contributed by atoms with Gasteiger partial charge >= 0.3 is 6.09 Å². The molecule has 0 radical (unpaired) electrons. The van der Waals surface area contributed by atoms with Crippen molar-refractivity contribution in [2.24, 2.45) is 5.92 Å². The minimum absolute atomic E-state index is 0.0301. The van der Waals surface area contributed by atoms with Gasteiger partial charge in [0, 0.05) is 37.6 Å². The van der Waals surface area contributed by atoms with Crippen molar-refractivity contribution in [3.05, 3.63) is 24.3 Å². The molecule has 1 N–H and O–H groups in total. The van der Waals surface area contributed by atoms with Crippen molar-refractivity contribution in [2.45, 2.75) is 25.7 Å². The van der Waals surface area contributed by atoms with Gasteiger partial charge in [0.05, 0.1) is 13.0 Å². The Morgan fingerprint density at radius 3 is 2.46 bits per heavy atom. The number of ether oxygens (including phenoxy) is 1. The zero-order valence-electron chi connectivity index (χ0n) is 14.2. The van der Waals surface area contributed by atoms with E-state index in [1.54, 1.807) is 4.90 Å². The van der Waals surface area contributed by atoms with E-state index in [1.807, 2.05) is 12.1 Å². The zero-order valence-corrected chi connectivity index (χ0v) is 14.2. The molecule has 0 aromatic heterocycles. The lowest BCUT2D eigenvalue weighted by Crippen LogP contribution is -2.43. The molecule has 2 aliphatic rings. The van der Waals surface area contributed by atoms with E-state index in [0.29, 0.717) is 13.1 Å². The molecule has 24 heavy (non-hydrogen) atoms. The first-order valence-electron chi connectivity index (χ1n) is 8.66. The van der Waals surface area contributed by atoms with Crippen molar-refractivity contribution >= 4 is 23.4 Å². The summed E-state index contributed by atoms with van der Waals surface area (Å²) in [5, 5.41) is 2.97. The van der Waals surface area contributed by atoms with Crippen molar-refractivity contribution in [1.82, 2.24) is 4.90 Å². The van der Waals surface area contributed by atoms with E-state index in [0.717, 1.165) is 31.6 Å². The van der Waals surface area contributed by atoms with Gasteiger partial charge in [-0.25, -0.2) is 4.79 Å². The quantitative estimate of drug-likeness (QED) is 0.925. The van der Waals surface area contributed by atoms with Crippen molar-refractivity contribution in [3.8, 4) is 0 Å². The molecule has 130 valence electrons. The number of anilines is 2. The molecule has 6 nitrogen and oxygen atoms in total. The number of methoxy groups -OCH3 is 1. The second-order valence-corrected chi connectivity index (χ2v) is 6.49. The molecular weight excluding hydrogens is 306 g/mol. The summed E-state index contributed by atoms with van der Waals surface area (Å²) >= 11 is 0. The van der Waals surface area contributed by atoms with Crippen LogP contribution in [0, 0.1) is 5.92 Å². The maximum Gasteiger partial charge on any atom is 0.409 e. The molecule has 0 aliphatic carbocycles. The summed E-state index contributed by atoms with van der Waals surface area (Å²) in [7, 11) is 1.37. The first-order valence-corrected chi connectivity index (χ1v) is 8.66. The average molecular weight is 331 g/mol. The zero-order chi connectivity index (χ0) is 16.9. The summed E-state index contributed by atoms with van der Waals surface area (Å²) in [5.41, 5.74) is 2.01. The third-order valence-electron chi connectivity index (χ3n) is 4.83. The molecule has 3 rings (SSSR count). The molecule has 1 aromatic rings. The van der Waals surface area contributed by atoms with Gasteiger partial charge in [0.25, 0.3) is 0 Å². The summed E-state index contributed by atoms with van der Waals surface area (Å²) in [6, 6.07) is 8.02. The molecule has 2 fully saturated rings. The second-order valence-electron chi connectivity index (χ2n) is 6.49. The summed E-state index contributed by atoms with van der Waals surface area (Å²) in [6.07, 6.45) is 3.75. The Morgan fingerprint density at radius 2 is 1.79 bits per heavy atom. The van der Waals surface area contributed by atoms with E-state index < -0.39 is 0 Å². The third kappa shape index (κ3) is 3.80. The second kappa shape index (κ2) is 7.55. The summed E-state index contributed by atoms with van der Waals surface area (Å²) in [4.78, 5) is 28.1. The monoisotopic (exact) mass is 331 g/mol. The van der Waals surface area contributed by atoms with Crippen LogP contribution in [0.3, 0.4) is 0 Å². The predicted molar refractivity (Wildman–Crippen MR) is 93.2 cm³/mol. The van der Waals surface area contributed by atoms with Crippen LogP contribution < -0.4 is 10.2 Å². The van der Waals surface area contributed by atoms with Crippen molar-refractivity contribution < 1.29 is 14.3 Å².